The molecule has 1 aliphatic heterocycles. The number of aryl methyl sites for hydroxylation is 1. The Hall–Kier alpha value is -2.50. The van der Waals surface area contributed by atoms with Crippen molar-refractivity contribution < 1.29 is 4.39 Å². The fourth-order valence-electron chi connectivity index (χ4n) is 2.82. The van der Waals surface area contributed by atoms with Crippen LogP contribution in [0.1, 0.15) is 12.2 Å². The summed E-state index contributed by atoms with van der Waals surface area (Å²) in [6, 6.07) is 4.82. The predicted octanol–water partition coefficient (Wildman–Crippen LogP) is 2.39. The number of aromatic nitrogens is 4. The summed E-state index contributed by atoms with van der Waals surface area (Å²) in [6.45, 7) is 0.843. The van der Waals surface area contributed by atoms with Gasteiger partial charge >= 0.3 is 0 Å². The van der Waals surface area contributed by atoms with E-state index in [0.29, 0.717) is 11.2 Å². The van der Waals surface area contributed by atoms with Gasteiger partial charge in [0.15, 0.2) is 0 Å². The Kier molecular flexibility index (Phi) is 2.80. The Balaban J connectivity index is 1.64. The van der Waals surface area contributed by atoms with Gasteiger partial charge in [-0.05, 0) is 24.6 Å². The Morgan fingerprint density at radius 2 is 2.19 bits per heavy atom. The second-order valence-electron chi connectivity index (χ2n) is 5.26. The molecule has 0 spiro atoms. The van der Waals surface area contributed by atoms with Crippen LogP contribution in [-0.4, -0.2) is 25.6 Å². The number of imidazole rings is 1. The number of nitrogens with zero attached hydrogens (tertiary/aromatic N) is 4. The van der Waals surface area contributed by atoms with E-state index in [2.05, 4.69) is 24.8 Å². The monoisotopic (exact) mass is 283 g/mol. The van der Waals surface area contributed by atoms with Crippen LogP contribution < -0.4 is 5.32 Å². The molecule has 3 aromatic rings. The van der Waals surface area contributed by atoms with Crippen LogP contribution in [-0.2, 0) is 13.0 Å². The third kappa shape index (κ3) is 2.22. The number of halogens is 1. The van der Waals surface area contributed by atoms with Crippen molar-refractivity contribution >= 4 is 16.7 Å². The number of hydrogen-bond donors (Lipinski definition) is 1. The minimum absolute atomic E-state index is 0.257. The van der Waals surface area contributed by atoms with Crippen molar-refractivity contribution in [3.05, 3.63) is 48.6 Å². The fraction of sp³-hybridized carbons (Fsp3) is 0.267. The zero-order valence-electron chi connectivity index (χ0n) is 11.3. The van der Waals surface area contributed by atoms with Gasteiger partial charge in [0.05, 0.1) is 5.52 Å². The average molecular weight is 283 g/mol. The van der Waals surface area contributed by atoms with Crippen molar-refractivity contribution in [2.24, 2.45) is 0 Å². The second-order valence-corrected chi connectivity index (χ2v) is 5.26. The first-order chi connectivity index (χ1) is 10.3. The van der Waals surface area contributed by atoms with Crippen molar-refractivity contribution in [1.82, 2.24) is 19.5 Å². The molecule has 1 aromatic carbocycles. The van der Waals surface area contributed by atoms with E-state index in [-0.39, 0.29) is 11.9 Å². The molecule has 1 atom stereocenters. The summed E-state index contributed by atoms with van der Waals surface area (Å²) in [5, 5.41) is 4.13. The lowest BCUT2D eigenvalue weighted by Gasteiger charge is -2.25. The number of benzene rings is 1. The molecular weight excluding hydrogens is 269 g/mol. The lowest BCUT2D eigenvalue weighted by molar-refractivity contribution is 0.476. The molecule has 0 saturated heterocycles. The van der Waals surface area contributed by atoms with Gasteiger partial charge in [0.1, 0.15) is 23.8 Å². The van der Waals surface area contributed by atoms with E-state index in [1.54, 1.807) is 6.07 Å². The predicted molar refractivity (Wildman–Crippen MR) is 77.5 cm³/mol. The SMILES string of the molecule is Fc1ccc2ncnc(NC3CCc4nccn4C3)c2c1. The van der Waals surface area contributed by atoms with Crippen LogP contribution in [0.25, 0.3) is 10.9 Å². The summed E-state index contributed by atoms with van der Waals surface area (Å²) < 4.78 is 15.6. The van der Waals surface area contributed by atoms with E-state index in [9.17, 15) is 4.39 Å². The molecule has 5 nitrogen and oxygen atoms in total. The molecule has 0 bridgehead atoms. The third-order valence-electron chi connectivity index (χ3n) is 3.87. The molecule has 1 aliphatic rings. The summed E-state index contributed by atoms with van der Waals surface area (Å²) in [5.74, 6) is 1.53. The lowest BCUT2D eigenvalue weighted by atomic mass is 10.1. The molecule has 0 amide bonds. The van der Waals surface area contributed by atoms with Crippen molar-refractivity contribution in [2.75, 3.05) is 5.32 Å². The van der Waals surface area contributed by atoms with Gasteiger partial charge in [0.25, 0.3) is 0 Å². The molecule has 0 saturated carbocycles. The molecule has 0 fully saturated rings. The van der Waals surface area contributed by atoms with Gasteiger partial charge in [-0.3, -0.25) is 0 Å². The molecule has 3 heterocycles. The normalized spacial score (nSPS) is 17.7. The average Bonchev–Trinajstić information content (AvgIpc) is 2.95. The van der Waals surface area contributed by atoms with E-state index in [4.69, 9.17) is 0 Å². The first-order valence-corrected chi connectivity index (χ1v) is 6.96. The number of nitrogens with one attached hydrogen (secondary N) is 1. The van der Waals surface area contributed by atoms with Gasteiger partial charge in [-0.25, -0.2) is 19.3 Å². The van der Waals surface area contributed by atoms with Crippen LogP contribution in [0.4, 0.5) is 10.2 Å². The minimum atomic E-state index is -0.277. The maximum atomic E-state index is 13.5. The highest BCUT2D eigenvalue weighted by Crippen LogP contribution is 2.23. The summed E-state index contributed by atoms with van der Waals surface area (Å²) >= 11 is 0. The summed E-state index contributed by atoms with van der Waals surface area (Å²) in [6.07, 6.45) is 7.24. The van der Waals surface area contributed by atoms with Crippen molar-refractivity contribution in [3.8, 4) is 0 Å². The van der Waals surface area contributed by atoms with E-state index in [1.165, 1.54) is 18.5 Å². The highest BCUT2D eigenvalue weighted by Gasteiger charge is 2.19. The quantitative estimate of drug-likeness (QED) is 0.784. The van der Waals surface area contributed by atoms with E-state index in [1.807, 2.05) is 12.4 Å². The molecular formula is C15H14FN5. The smallest absolute Gasteiger partial charge is 0.137 e. The van der Waals surface area contributed by atoms with Crippen LogP contribution in [0.2, 0.25) is 0 Å². The zero-order valence-corrected chi connectivity index (χ0v) is 11.3. The summed E-state index contributed by atoms with van der Waals surface area (Å²) in [7, 11) is 0. The van der Waals surface area contributed by atoms with E-state index >= 15 is 0 Å². The van der Waals surface area contributed by atoms with E-state index in [0.717, 1.165) is 30.7 Å². The highest BCUT2D eigenvalue weighted by molar-refractivity contribution is 5.88. The van der Waals surface area contributed by atoms with Crippen LogP contribution in [0.3, 0.4) is 0 Å². The van der Waals surface area contributed by atoms with Gasteiger partial charge in [-0.2, -0.15) is 0 Å². The van der Waals surface area contributed by atoms with Gasteiger partial charge < -0.3 is 9.88 Å². The summed E-state index contributed by atoms with van der Waals surface area (Å²) in [5.41, 5.74) is 0.744. The largest absolute Gasteiger partial charge is 0.365 e. The topological polar surface area (TPSA) is 55.6 Å². The van der Waals surface area contributed by atoms with E-state index < -0.39 is 0 Å². The highest BCUT2D eigenvalue weighted by atomic mass is 19.1. The van der Waals surface area contributed by atoms with Gasteiger partial charge in [0, 0.05) is 36.8 Å². The van der Waals surface area contributed by atoms with Crippen LogP contribution in [0.15, 0.2) is 36.9 Å². The van der Waals surface area contributed by atoms with Crippen molar-refractivity contribution in [2.45, 2.75) is 25.4 Å². The summed E-state index contributed by atoms with van der Waals surface area (Å²) in [4.78, 5) is 12.8. The molecule has 0 aliphatic carbocycles. The Bertz CT molecular complexity index is 798. The third-order valence-corrected chi connectivity index (χ3v) is 3.87. The minimum Gasteiger partial charge on any atom is -0.365 e. The molecule has 2 aromatic heterocycles. The molecule has 1 unspecified atom stereocenters. The van der Waals surface area contributed by atoms with Crippen LogP contribution in [0, 0.1) is 5.82 Å². The maximum absolute atomic E-state index is 13.5. The number of rotatable bonds is 2. The molecule has 6 heteroatoms. The first kappa shape index (κ1) is 12.3. The van der Waals surface area contributed by atoms with Gasteiger partial charge in [-0.15, -0.1) is 0 Å². The van der Waals surface area contributed by atoms with Gasteiger partial charge in [-0.1, -0.05) is 0 Å². The second kappa shape index (κ2) is 4.80. The maximum Gasteiger partial charge on any atom is 0.137 e. The van der Waals surface area contributed by atoms with Crippen LogP contribution >= 0.6 is 0 Å². The number of anilines is 1. The Morgan fingerprint density at radius 3 is 3.14 bits per heavy atom. The van der Waals surface area contributed by atoms with Crippen LogP contribution in [0.5, 0.6) is 0 Å². The number of hydrogen-bond acceptors (Lipinski definition) is 4. The Morgan fingerprint density at radius 1 is 1.24 bits per heavy atom. The molecule has 0 radical (unpaired) electrons. The molecule has 4 rings (SSSR count). The standard InChI is InChI=1S/C15H14FN5/c16-10-1-3-13-12(7-10)15(19-9-18-13)20-11-2-4-14-17-5-6-21(14)8-11/h1,3,5-7,9,11H,2,4,8H2,(H,18,19,20). The van der Waals surface area contributed by atoms with Gasteiger partial charge in [0.2, 0.25) is 0 Å². The lowest BCUT2D eigenvalue weighted by Crippen LogP contribution is -2.31. The Labute approximate surface area is 120 Å². The molecule has 21 heavy (non-hydrogen) atoms. The molecule has 106 valence electrons. The molecule has 1 N–H and O–H groups in total. The number of fused-ring (bicyclic) bond motifs is 2. The van der Waals surface area contributed by atoms with Crippen molar-refractivity contribution in [3.63, 3.8) is 0 Å². The first-order valence-electron chi connectivity index (χ1n) is 6.96. The van der Waals surface area contributed by atoms with Crippen molar-refractivity contribution in [1.29, 1.82) is 0 Å². The zero-order chi connectivity index (χ0) is 14.2. The fourth-order valence-corrected chi connectivity index (χ4v) is 2.82.